The second-order valence-corrected chi connectivity index (χ2v) is 4.91. The molecule has 20 heavy (non-hydrogen) atoms. The van der Waals surface area contributed by atoms with Crippen LogP contribution in [-0.2, 0) is 6.54 Å². The highest BCUT2D eigenvalue weighted by atomic mass is 35.5. The van der Waals surface area contributed by atoms with E-state index in [2.05, 4.69) is 32.4 Å². The Hall–Kier alpha value is -2.40. The van der Waals surface area contributed by atoms with E-state index in [1.54, 1.807) is 16.8 Å². The van der Waals surface area contributed by atoms with Crippen molar-refractivity contribution in [3.8, 4) is 0 Å². The standard InChI is InChI=1S/C14H10ClN5/c15-14-19-12(6-13-17-3-4-20(13)14)18-11-2-1-9-7-16-8-10(9)5-11/h1-6,8,18H,7H2. The second-order valence-electron chi connectivity index (χ2n) is 4.57. The van der Waals surface area contributed by atoms with Gasteiger partial charge in [-0.15, -0.1) is 0 Å². The fourth-order valence-electron chi connectivity index (χ4n) is 2.28. The first kappa shape index (κ1) is 11.4. The lowest BCUT2D eigenvalue weighted by Crippen LogP contribution is -1.98. The van der Waals surface area contributed by atoms with Crippen LogP contribution >= 0.6 is 11.6 Å². The number of nitrogens with one attached hydrogen (secondary N) is 1. The van der Waals surface area contributed by atoms with E-state index in [0.29, 0.717) is 11.1 Å². The number of aliphatic imine (C=N–C) groups is 1. The van der Waals surface area contributed by atoms with Crippen LogP contribution in [0.5, 0.6) is 0 Å². The van der Waals surface area contributed by atoms with E-state index >= 15 is 0 Å². The number of fused-ring (bicyclic) bond motifs is 2. The molecule has 1 aromatic carbocycles. The molecule has 0 spiro atoms. The Kier molecular flexibility index (Phi) is 2.47. The smallest absolute Gasteiger partial charge is 0.210 e. The average Bonchev–Trinajstić information content (AvgIpc) is 3.06. The Morgan fingerprint density at radius 2 is 2.20 bits per heavy atom. The number of anilines is 2. The zero-order chi connectivity index (χ0) is 13.5. The van der Waals surface area contributed by atoms with Gasteiger partial charge in [-0.3, -0.25) is 9.39 Å². The van der Waals surface area contributed by atoms with E-state index < -0.39 is 0 Å². The van der Waals surface area contributed by atoms with Crippen LogP contribution in [0.4, 0.5) is 11.5 Å². The molecule has 0 atom stereocenters. The van der Waals surface area contributed by atoms with Crippen LogP contribution in [0.1, 0.15) is 11.1 Å². The number of imidazole rings is 1. The predicted octanol–water partition coefficient (Wildman–Crippen LogP) is 3.06. The van der Waals surface area contributed by atoms with Crippen LogP contribution in [0.3, 0.4) is 0 Å². The Morgan fingerprint density at radius 3 is 3.15 bits per heavy atom. The van der Waals surface area contributed by atoms with Crippen molar-refractivity contribution in [2.45, 2.75) is 6.54 Å². The maximum absolute atomic E-state index is 6.11. The molecule has 4 rings (SSSR count). The predicted molar refractivity (Wildman–Crippen MR) is 79.0 cm³/mol. The van der Waals surface area contributed by atoms with Crippen molar-refractivity contribution < 1.29 is 0 Å². The van der Waals surface area contributed by atoms with Gasteiger partial charge in [0.25, 0.3) is 0 Å². The fourth-order valence-corrected chi connectivity index (χ4v) is 2.51. The summed E-state index contributed by atoms with van der Waals surface area (Å²) >= 11 is 6.11. The van der Waals surface area contributed by atoms with E-state index in [4.69, 9.17) is 11.6 Å². The first-order valence-corrected chi connectivity index (χ1v) is 6.57. The summed E-state index contributed by atoms with van der Waals surface area (Å²) in [5.41, 5.74) is 4.10. The van der Waals surface area contributed by atoms with Gasteiger partial charge in [0, 0.05) is 30.4 Å². The topological polar surface area (TPSA) is 54.6 Å². The molecule has 0 saturated carbocycles. The van der Waals surface area contributed by atoms with Gasteiger partial charge in [-0.1, -0.05) is 6.07 Å². The second kappa shape index (κ2) is 4.31. The summed E-state index contributed by atoms with van der Waals surface area (Å²) in [5.74, 6) is 0.670. The zero-order valence-corrected chi connectivity index (χ0v) is 11.2. The van der Waals surface area contributed by atoms with Crippen molar-refractivity contribution in [2.75, 3.05) is 5.32 Å². The van der Waals surface area contributed by atoms with Crippen molar-refractivity contribution in [3.05, 3.63) is 53.1 Å². The quantitative estimate of drug-likeness (QED) is 0.736. The van der Waals surface area contributed by atoms with Gasteiger partial charge in [-0.05, 0) is 34.9 Å². The normalized spacial score (nSPS) is 12.8. The summed E-state index contributed by atoms with van der Waals surface area (Å²) in [6.07, 6.45) is 5.36. The molecular formula is C14H10ClN5. The largest absolute Gasteiger partial charge is 0.340 e. The van der Waals surface area contributed by atoms with Crippen molar-refractivity contribution in [1.29, 1.82) is 0 Å². The van der Waals surface area contributed by atoms with Gasteiger partial charge >= 0.3 is 0 Å². The van der Waals surface area contributed by atoms with Crippen LogP contribution in [0.2, 0.25) is 5.28 Å². The van der Waals surface area contributed by atoms with Crippen molar-refractivity contribution in [2.24, 2.45) is 4.99 Å². The molecular weight excluding hydrogens is 274 g/mol. The molecule has 0 fully saturated rings. The minimum atomic E-state index is 0.380. The maximum atomic E-state index is 6.11. The molecule has 3 heterocycles. The number of hydrogen-bond acceptors (Lipinski definition) is 4. The Bertz CT molecular complexity index is 837. The average molecular weight is 284 g/mol. The summed E-state index contributed by atoms with van der Waals surface area (Å²) in [4.78, 5) is 12.8. The molecule has 6 heteroatoms. The first-order chi connectivity index (χ1) is 9.79. The lowest BCUT2D eigenvalue weighted by atomic mass is 10.1. The lowest BCUT2D eigenvalue weighted by Gasteiger charge is -2.08. The van der Waals surface area contributed by atoms with Gasteiger partial charge in [0.05, 0.1) is 6.54 Å². The van der Waals surface area contributed by atoms with Gasteiger partial charge < -0.3 is 5.32 Å². The Morgan fingerprint density at radius 1 is 1.25 bits per heavy atom. The minimum absolute atomic E-state index is 0.380. The molecule has 0 radical (unpaired) electrons. The van der Waals surface area contributed by atoms with Gasteiger partial charge in [-0.2, -0.15) is 0 Å². The van der Waals surface area contributed by atoms with Crippen molar-refractivity contribution >= 4 is 35.0 Å². The zero-order valence-electron chi connectivity index (χ0n) is 10.4. The SMILES string of the molecule is Clc1nc(Nc2ccc3c(c2)C=NC3)cc2nccn12. The highest BCUT2D eigenvalue weighted by molar-refractivity contribution is 6.28. The van der Waals surface area contributed by atoms with Gasteiger partial charge in [0.2, 0.25) is 5.28 Å². The number of hydrogen-bond donors (Lipinski definition) is 1. The monoisotopic (exact) mass is 283 g/mol. The fraction of sp³-hybridized carbons (Fsp3) is 0.0714. The van der Waals surface area contributed by atoms with Gasteiger partial charge in [-0.25, -0.2) is 9.97 Å². The van der Waals surface area contributed by atoms with E-state index in [-0.39, 0.29) is 0 Å². The molecule has 0 aliphatic carbocycles. The molecule has 1 N–H and O–H groups in total. The van der Waals surface area contributed by atoms with Crippen LogP contribution in [0.15, 0.2) is 41.7 Å². The third-order valence-electron chi connectivity index (χ3n) is 3.26. The highest BCUT2D eigenvalue weighted by Gasteiger charge is 2.08. The van der Waals surface area contributed by atoms with Crippen molar-refractivity contribution in [1.82, 2.24) is 14.4 Å². The van der Waals surface area contributed by atoms with Gasteiger partial charge in [0.1, 0.15) is 11.5 Å². The van der Waals surface area contributed by atoms with E-state index in [9.17, 15) is 0 Å². The maximum Gasteiger partial charge on any atom is 0.210 e. The van der Waals surface area contributed by atoms with Crippen LogP contribution in [0.25, 0.3) is 5.65 Å². The van der Waals surface area contributed by atoms with E-state index in [1.165, 1.54) is 5.56 Å². The number of nitrogens with zero attached hydrogens (tertiary/aromatic N) is 4. The molecule has 1 aliphatic heterocycles. The molecule has 0 unspecified atom stereocenters. The number of halogens is 1. The third kappa shape index (κ3) is 1.83. The number of rotatable bonds is 2. The van der Waals surface area contributed by atoms with E-state index in [1.807, 2.05) is 18.3 Å². The Labute approximate surface area is 120 Å². The summed E-state index contributed by atoms with van der Waals surface area (Å²) in [6, 6.07) is 7.99. The third-order valence-corrected chi connectivity index (χ3v) is 3.52. The van der Waals surface area contributed by atoms with Crippen molar-refractivity contribution in [3.63, 3.8) is 0 Å². The van der Waals surface area contributed by atoms with Crippen LogP contribution in [-0.4, -0.2) is 20.6 Å². The highest BCUT2D eigenvalue weighted by Crippen LogP contribution is 2.23. The molecule has 0 amide bonds. The molecule has 3 aromatic rings. The summed E-state index contributed by atoms with van der Waals surface area (Å²) in [7, 11) is 0. The number of aromatic nitrogens is 3. The first-order valence-electron chi connectivity index (χ1n) is 6.19. The number of benzene rings is 1. The van der Waals surface area contributed by atoms with Crippen LogP contribution < -0.4 is 5.32 Å². The molecule has 1 aliphatic rings. The van der Waals surface area contributed by atoms with Gasteiger partial charge in [0.15, 0.2) is 0 Å². The lowest BCUT2D eigenvalue weighted by molar-refractivity contribution is 1.09. The minimum Gasteiger partial charge on any atom is -0.340 e. The molecule has 98 valence electrons. The molecule has 0 bridgehead atoms. The summed E-state index contributed by atoms with van der Waals surface area (Å²) < 4.78 is 1.72. The van der Waals surface area contributed by atoms with Crippen LogP contribution in [0, 0.1) is 0 Å². The van der Waals surface area contributed by atoms with E-state index in [0.717, 1.165) is 23.4 Å². The summed E-state index contributed by atoms with van der Waals surface area (Å²) in [6.45, 7) is 0.764. The molecule has 0 saturated heterocycles. The summed E-state index contributed by atoms with van der Waals surface area (Å²) in [5, 5.41) is 3.63. The Balaban J connectivity index is 1.71. The molecule has 2 aromatic heterocycles. The molecule has 5 nitrogen and oxygen atoms in total.